The van der Waals surface area contributed by atoms with Gasteiger partial charge in [0.25, 0.3) is 0 Å². The molecule has 1 fully saturated rings. The summed E-state index contributed by atoms with van der Waals surface area (Å²) in [5.41, 5.74) is 2.93. The summed E-state index contributed by atoms with van der Waals surface area (Å²) in [5.74, 6) is 0.241. The van der Waals surface area contributed by atoms with Gasteiger partial charge in [0.1, 0.15) is 12.3 Å². The van der Waals surface area contributed by atoms with E-state index in [1.54, 1.807) is 6.20 Å². The van der Waals surface area contributed by atoms with Gasteiger partial charge in [-0.3, -0.25) is 9.69 Å². The molecule has 2 amide bonds. The van der Waals surface area contributed by atoms with Crippen LogP contribution in [-0.2, 0) is 13.2 Å². The molecule has 0 radical (unpaired) electrons. The molecular weight excluding hydrogens is 366 g/mol. The standard InChI is InChI=1S/C23H23N3O3/c1-17-21(26-13-12-24-23(26)28)22(27)20(29-16-19-10-6-3-7-11-19)15-25(17)14-18-8-4-2-5-9-18/h2-11,15H,12-14,16H2,1H3,(H,24,28). The molecule has 0 bridgehead atoms. The summed E-state index contributed by atoms with van der Waals surface area (Å²) in [7, 11) is 0. The number of hydrogen-bond acceptors (Lipinski definition) is 3. The molecule has 0 saturated carbocycles. The maximum absolute atomic E-state index is 13.2. The molecule has 2 aromatic carbocycles. The molecule has 0 atom stereocenters. The van der Waals surface area contributed by atoms with E-state index < -0.39 is 0 Å². The van der Waals surface area contributed by atoms with Crippen molar-refractivity contribution in [3.05, 3.63) is 93.9 Å². The fraction of sp³-hybridized carbons (Fsp3) is 0.217. The number of carbonyl (C=O) groups excluding carboxylic acids is 1. The number of amides is 2. The smallest absolute Gasteiger partial charge is 0.322 e. The molecule has 1 saturated heterocycles. The Morgan fingerprint density at radius 1 is 0.966 bits per heavy atom. The molecule has 6 nitrogen and oxygen atoms in total. The van der Waals surface area contributed by atoms with Gasteiger partial charge < -0.3 is 14.6 Å². The molecule has 4 rings (SSSR count). The van der Waals surface area contributed by atoms with Crippen LogP contribution in [0.4, 0.5) is 10.5 Å². The second kappa shape index (κ2) is 8.22. The van der Waals surface area contributed by atoms with E-state index in [4.69, 9.17) is 4.74 Å². The molecule has 1 aliphatic rings. The van der Waals surface area contributed by atoms with E-state index in [0.29, 0.717) is 25.3 Å². The lowest BCUT2D eigenvalue weighted by Crippen LogP contribution is -2.34. The molecule has 6 heteroatoms. The highest BCUT2D eigenvalue weighted by Gasteiger charge is 2.28. The summed E-state index contributed by atoms with van der Waals surface area (Å²) >= 11 is 0. The topological polar surface area (TPSA) is 63.6 Å². The monoisotopic (exact) mass is 389 g/mol. The number of urea groups is 1. The van der Waals surface area contributed by atoms with Crippen molar-refractivity contribution in [3.8, 4) is 5.75 Å². The lowest BCUT2D eigenvalue weighted by molar-refractivity contribution is 0.252. The van der Waals surface area contributed by atoms with Crippen molar-refractivity contribution >= 4 is 11.7 Å². The predicted molar refractivity (Wildman–Crippen MR) is 113 cm³/mol. The molecule has 0 aliphatic carbocycles. The van der Waals surface area contributed by atoms with Crippen molar-refractivity contribution in [2.75, 3.05) is 18.0 Å². The maximum Gasteiger partial charge on any atom is 0.322 e. The summed E-state index contributed by atoms with van der Waals surface area (Å²) in [6.07, 6.45) is 1.74. The first-order valence-corrected chi connectivity index (χ1v) is 9.63. The third kappa shape index (κ3) is 4.01. The summed E-state index contributed by atoms with van der Waals surface area (Å²) < 4.78 is 7.87. The minimum atomic E-state index is -0.264. The Labute approximate surface area is 169 Å². The average Bonchev–Trinajstić information content (AvgIpc) is 3.16. The fourth-order valence-corrected chi connectivity index (χ4v) is 3.50. The van der Waals surface area contributed by atoms with Crippen LogP contribution in [0.25, 0.3) is 0 Å². The molecule has 0 unspecified atom stereocenters. The Hall–Kier alpha value is -3.54. The van der Waals surface area contributed by atoms with E-state index in [1.165, 1.54) is 4.90 Å². The van der Waals surface area contributed by atoms with Crippen molar-refractivity contribution in [1.82, 2.24) is 9.88 Å². The number of nitrogens with one attached hydrogen (secondary N) is 1. The van der Waals surface area contributed by atoms with Crippen molar-refractivity contribution in [1.29, 1.82) is 0 Å². The second-order valence-corrected chi connectivity index (χ2v) is 7.03. The Morgan fingerprint density at radius 3 is 2.24 bits per heavy atom. The van der Waals surface area contributed by atoms with Gasteiger partial charge in [0, 0.05) is 25.3 Å². The average molecular weight is 389 g/mol. The van der Waals surface area contributed by atoms with Gasteiger partial charge in [-0.25, -0.2) is 4.79 Å². The largest absolute Gasteiger partial charge is 0.483 e. The molecule has 29 heavy (non-hydrogen) atoms. The molecule has 1 aliphatic heterocycles. The van der Waals surface area contributed by atoms with E-state index in [-0.39, 0.29) is 23.8 Å². The van der Waals surface area contributed by atoms with Crippen LogP contribution in [0.1, 0.15) is 16.8 Å². The zero-order valence-electron chi connectivity index (χ0n) is 16.3. The van der Waals surface area contributed by atoms with E-state index >= 15 is 0 Å². The molecule has 148 valence electrons. The minimum absolute atomic E-state index is 0.241. The van der Waals surface area contributed by atoms with Crippen LogP contribution in [0.3, 0.4) is 0 Å². The third-order valence-corrected chi connectivity index (χ3v) is 5.05. The first kappa shape index (κ1) is 18.8. The molecular formula is C23H23N3O3. The first-order valence-electron chi connectivity index (χ1n) is 9.63. The summed E-state index contributed by atoms with van der Waals surface area (Å²) in [6.45, 7) is 3.72. The molecule has 3 aromatic rings. The summed E-state index contributed by atoms with van der Waals surface area (Å²) in [4.78, 5) is 27.0. The maximum atomic E-state index is 13.2. The zero-order valence-corrected chi connectivity index (χ0v) is 16.3. The normalized spacial score (nSPS) is 13.4. The van der Waals surface area contributed by atoms with E-state index in [0.717, 1.165) is 16.8 Å². The van der Waals surface area contributed by atoms with Crippen molar-refractivity contribution in [2.45, 2.75) is 20.1 Å². The van der Waals surface area contributed by atoms with Crippen LogP contribution in [0, 0.1) is 6.92 Å². The van der Waals surface area contributed by atoms with Gasteiger partial charge >= 0.3 is 6.03 Å². The van der Waals surface area contributed by atoms with Crippen molar-refractivity contribution in [3.63, 3.8) is 0 Å². The Balaban J connectivity index is 1.74. The summed E-state index contributed by atoms with van der Waals surface area (Å²) in [6, 6.07) is 19.4. The number of rotatable bonds is 6. The van der Waals surface area contributed by atoms with Crippen LogP contribution in [0.5, 0.6) is 5.75 Å². The highest BCUT2D eigenvalue weighted by Crippen LogP contribution is 2.23. The lowest BCUT2D eigenvalue weighted by Gasteiger charge is -2.22. The van der Waals surface area contributed by atoms with Gasteiger partial charge in [0.2, 0.25) is 5.43 Å². The van der Waals surface area contributed by atoms with E-state index in [9.17, 15) is 9.59 Å². The molecule has 0 spiro atoms. The number of anilines is 1. The van der Waals surface area contributed by atoms with Crippen LogP contribution < -0.4 is 20.4 Å². The van der Waals surface area contributed by atoms with Crippen molar-refractivity contribution < 1.29 is 9.53 Å². The molecule has 2 heterocycles. The summed E-state index contributed by atoms with van der Waals surface area (Å²) in [5, 5.41) is 2.77. The van der Waals surface area contributed by atoms with Gasteiger partial charge in [-0.2, -0.15) is 0 Å². The van der Waals surface area contributed by atoms with Gasteiger partial charge in [0.05, 0.1) is 6.20 Å². The highest BCUT2D eigenvalue weighted by molar-refractivity contribution is 5.94. The number of aromatic nitrogens is 1. The van der Waals surface area contributed by atoms with E-state index in [1.807, 2.05) is 72.2 Å². The third-order valence-electron chi connectivity index (χ3n) is 5.05. The Kier molecular flexibility index (Phi) is 5.33. The molecule has 1 N–H and O–H groups in total. The van der Waals surface area contributed by atoms with Gasteiger partial charge in [0.15, 0.2) is 5.75 Å². The zero-order chi connectivity index (χ0) is 20.2. The highest BCUT2D eigenvalue weighted by atomic mass is 16.5. The number of pyridine rings is 1. The van der Waals surface area contributed by atoms with Gasteiger partial charge in [-0.15, -0.1) is 0 Å². The number of carbonyl (C=O) groups is 1. The van der Waals surface area contributed by atoms with Crippen LogP contribution >= 0.6 is 0 Å². The fourth-order valence-electron chi connectivity index (χ4n) is 3.50. The van der Waals surface area contributed by atoms with Crippen LogP contribution in [0.15, 0.2) is 71.7 Å². The van der Waals surface area contributed by atoms with E-state index in [2.05, 4.69) is 5.32 Å². The number of nitrogens with zero attached hydrogens (tertiary/aromatic N) is 2. The lowest BCUT2D eigenvalue weighted by atomic mass is 10.2. The van der Waals surface area contributed by atoms with Crippen LogP contribution in [0.2, 0.25) is 0 Å². The van der Waals surface area contributed by atoms with Crippen LogP contribution in [-0.4, -0.2) is 23.7 Å². The minimum Gasteiger partial charge on any atom is -0.483 e. The Bertz CT molecular complexity index is 1060. The van der Waals surface area contributed by atoms with Gasteiger partial charge in [-0.1, -0.05) is 60.7 Å². The second-order valence-electron chi connectivity index (χ2n) is 7.03. The number of benzene rings is 2. The number of ether oxygens (including phenoxy) is 1. The number of hydrogen-bond donors (Lipinski definition) is 1. The SMILES string of the molecule is Cc1c(N2CCNC2=O)c(=O)c(OCc2ccccc2)cn1Cc1ccccc1. The first-order chi connectivity index (χ1) is 14.1. The molecule has 1 aromatic heterocycles. The predicted octanol–water partition coefficient (Wildman–Crippen LogP) is 3.31. The Morgan fingerprint density at radius 2 is 1.62 bits per heavy atom. The quantitative estimate of drug-likeness (QED) is 0.704. The van der Waals surface area contributed by atoms with Crippen molar-refractivity contribution in [2.24, 2.45) is 0 Å². The van der Waals surface area contributed by atoms with Gasteiger partial charge in [-0.05, 0) is 18.1 Å².